The number of carbonyl (C=O) groups excluding carboxylic acids is 2. The lowest BCUT2D eigenvalue weighted by Crippen LogP contribution is -2.55. The molecule has 2 rings (SSSR count). The summed E-state index contributed by atoms with van der Waals surface area (Å²) in [5, 5.41) is 0.0916. The van der Waals surface area contributed by atoms with E-state index < -0.39 is 12.1 Å². The van der Waals surface area contributed by atoms with Gasteiger partial charge in [0.25, 0.3) is 0 Å². The number of rotatable bonds is 1. The number of methoxy groups -OCH3 is 1. The molecule has 17 heavy (non-hydrogen) atoms. The van der Waals surface area contributed by atoms with Crippen LogP contribution in [0.3, 0.4) is 0 Å². The Bertz CT molecular complexity index is 324. The maximum absolute atomic E-state index is 12.2. The number of hydrogen-bond donors (Lipinski definition) is 1. The van der Waals surface area contributed by atoms with Crippen LogP contribution < -0.4 is 5.73 Å². The summed E-state index contributed by atoms with van der Waals surface area (Å²) in [6.45, 7) is 0. The Kier molecular flexibility index (Phi) is 3.93. The molecule has 0 aliphatic carbocycles. The molecule has 2 saturated heterocycles. The topological polar surface area (TPSA) is 72.6 Å². The number of esters is 1. The van der Waals surface area contributed by atoms with Crippen molar-refractivity contribution in [1.29, 1.82) is 0 Å². The molecule has 2 heterocycles. The number of hydrogen-bond acceptors (Lipinski definition) is 5. The van der Waals surface area contributed by atoms with E-state index in [0.29, 0.717) is 12.8 Å². The van der Waals surface area contributed by atoms with Gasteiger partial charge >= 0.3 is 5.97 Å². The van der Waals surface area contributed by atoms with E-state index in [1.54, 1.807) is 16.7 Å². The Balaban J connectivity index is 2.23. The molecular weight excluding hydrogens is 240 g/mol. The van der Waals surface area contributed by atoms with Crippen LogP contribution in [0.25, 0.3) is 0 Å². The summed E-state index contributed by atoms with van der Waals surface area (Å²) >= 11 is 1.72. The lowest BCUT2D eigenvalue weighted by molar-refractivity contribution is -0.155. The quantitative estimate of drug-likeness (QED) is 0.686. The molecular formula is C11H18N2O3S. The Morgan fingerprint density at radius 3 is 2.94 bits per heavy atom. The maximum Gasteiger partial charge on any atom is 0.328 e. The van der Waals surface area contributed by atoms with Gasteiger partial charge in [-0.15, -0.1) is 11.8 Å². The standard InChI is InChI=1S/C11H18N2O3S/c1-16-11(15)8-3-2-4-9-13(8)10(14)7(12)5-6-17-9/h7-9H,2-6,12H2,1H3/t7-,8-,9-/m0/s1. The van der Waals surface area contributed by atoms with Crippen molar-refractivity contribution in [3.63, 3.8) is 0 Å². The number of ether oxygens (including phenoxy) is 1. The van der Waals surface area contributed by atoms with Crippen molar-refractivity contribution in [2.24, 2.45) is 5.73 Å². The summed E-state index contributed by atoms with van der Waals surface area (Å²) in [4.78, 5) is 25.6. The van der Waals surface area contributed by atoms with E-state index in [2.05, 4.69) is 0 Å². The van der Waals surface area contributed by atoms with Gasteiger partial charge in [0.15, 0.2) is 0 Å². The van der Waals surface area contributed by atoms with Gasteiger partial charge in [-0.3, -0.25) is 4.79 Å². The first-order chi connectivity index (χ1) is 8.15. The van der Waals surface area contributed by atoms with Gasteiger partial charge in [-0.25, -0.2) is 4.79 Å². The zero-order valence-electron chi connectivity index (χ0n) is 9.93. The predicted molar refractivity (Wildman–Crippen MR) is 65.3 cm³/mol. The third-order valence-corrected chi connectivity index (χ3v) is 4.68. The van der Waals surface area contributed by atoms with Crippen LogP contribution in [-0.2, 0) is 14.3 Å². The van der Waals surface area contributed by atoms with Crippen LogP contribution in [-0.4, -0.2) is 47.1 Å². The highest BCUT2D eigenvalue weighted by atomic mass is 32.2. The van der Waals surface area contributed by atoms with Gasteiger partial charge in [0.1, 0.15) is 6.04 Å². The van der Waals surface area contributed by atoms with Crippen molar-refractivity contribution in [3.8, 4) is 0 Å². The number of carbonyl (C=O) groups is 2. The lowest BCUT2D eigenvalue weighted by Gasteiger charge is -2.39. The minimum Gasteiger partial charge on any atom is -0.467 e. The molecule has 2 aliphatic rings. The van der Waals surface area contributed by atoms with E-state index in [1.807, 2.05) is 0 Å². The second-order valence-electron chi connectivity index (χ2n) is 4.44. The largest absolute Gasteiger partial charge is 0.467 e. The molecule has 0 unspecified atom stereocenters. The number of nitrogens with zero attached hydrogens (tertiary/aromatic N) is 1. The zero-order chi connectivity index (χ0) is 12.4. The Labute approximate surface area is 105 Å². The van der Waals surface area contributed by atoms with Crippen LogP contribution in [0.15, 0.2) is 0 Å². The highest BCUT2D eigenvalue weighted by molar-refractivity contribution is 7.99. The predicted octanol–water partition coefficient (Wildman–Crippen LogP) is 0.331. The van der Waals surface area contributed by atoms with Gasteiger partial charge < -0.3 is 15.4 Å². The third-order valence-electron chi connectivity index (χ3n) is 3.36. The molecule has 1 amide bonds. The summed E-state index contributed by atoms with van der Waals surface area (Å²) in [6.07, 6.45) is 3.26. The molecule has 0 spiro atoms. The molecule has 0 saturated carbocycles. The number of amides is 1. The van der Waals surface area contributed by atoms with E-state index in [9.17, 15) is 9.59 Å². The average Bonchev–Trinajstić information content (AvgIpc) is 2.49. The van der Waals surface area contributed by atoms with E-state index in [4.69, 9.17) is 10.5 Å². The molecule has 5 nitrogen and oxygen atoms in total. The van der Waals surface area contributed by atoms with Crippen molar-refractivity contribution in [1.82, 2.24) is 4.90 Å². The van der Waals surface area contributed by atoms with Gasteiger partial charge in [-0.05, 0) is 31.4 Å². The van der Waals surface area contributed by atoms with E-state index in [1.165, 1.54) is 7.11 Å². The SMILES string of the molecule is COC(=O)[C@@H]1CCC[C@@H]2SCC[C@H](N)C(=O)N21. The Hall–Kier alpha value is -0.750. The van der Waals surface area contributed by atoms with Gasteiger partial charge in [0, 0.05) is 0 Å². The zero-order valence-corrected chi connectivity index (χ0v) is 10.7. The number of nitrogens with two attached hydrogens (primary N) is 1. The van der Waals surface area contributed by atoms with E-state index >= 15 is 0 Å². The number of thioether (sulfide) groups is 1. The van der Waals surface area contributed by atoms with Crippen molar-refractivity contribution < 1.29 is 14.3 Å². The van der Waals surface area contributed by atoms with Gasteiger partial charge in [0.05, 0.1) is 18.5 Å². The van der Waals surface area contributed by atoms with Crippen LogP contribution >= 0.6 is 11.8 Å². The van der Waals surface area contributed by atoms with Gasteiger partial charge in [-0.1, -0.05) is 0 Å². The molecule has 0 radical (unpaired) electrons. The van der Waals surface area contributed by atoms with Crippen molar-refractivity contribution in [2.75, 3.05) is 12.9 Å². The fraction of sp³-hybridized carbons (Fsp3) is 0.818. The van der Waals surface area contributed by atoms with Crippen molar-refractivity contribution >= 4 is 23.6 Å². The minimum atomic E-state index is -0.474. The molecule has 6 heteroatoms. The van der Waals surface area contributed by atoms with Crippen molar-refractivity contribution in [3.05, 3.63) is 0 Å². The molecule has 96 valence electrons. The molecule has 2 N–H and O–H groups in total. The Morgan fingerprint density at radius 1 is 1.47 bits per heavy atom. The van der Waals surface area contributed by atoms with Crippen LogP contribution in [0, 0.1) is 0 Å². The molecule has 0 aromatic carbocycles. The Morgan fingerprint density at radius 2 is 2.24 bits per heavy atom. The second-order valence-corrected chi connectivity index (χ2v) is 5.72. The minimum absolute atomic E-state index is 0.0916. The molecule has 0 bridgehead atoms. The molecule has 3 atom stereocenters. The molecule has 0 aromatic heterocycles. The summed E-state index contributed by atoms with van der Waals surface area (Å²) in [5.41, 5.74) is 5.83. The number of piperidine rings is 1. The maximum atomic E-state index is 12.2. The first-order valence-electron chi connectivity index (χ1n) is 5.92. The average molecular weight is 258 g/mol. The van der Waals surface area contributed by atoms with Gasteiger partial charge in [0.2, 0.25) is 5.91 Å². The molecule has 2 fully saturated rings. The van der Waals surface area contributed by atoms with Crippen LogP contribution in [0.5, 0.6) is 0 Å². The van der Waals surface area contributed by atoms with Crippen LogP contribution in [0.1, 0.15) is 25.7 Å². The normalized spacial score (nSPS) is 33.9. The highest BCUT2D eigenvalue weighted by Crippen LogP contribution is 2.34. The highest BCUT2D eigenvalue weighted by Gasteiger charge is 2.42. The summed E-state index contributed by atoms with van der Waals surface area (Å²) < 4.78 is 4.78. The first-order valence-corrected chi connectivity index (χ1v) is 6.97. The summed E-state index contributed by atoms with van der Waals surface area (Å²) in [7, 11) is 1.36. The first kappa shape index (κ1) is 12.7. The summed E-state index contributed by atoms with van der Waals surface area (Å²) in [6, 6.07) is -0.916. The van der Waals surface area contributed by atoms with Crippen molar-refractivity contribution in [2.45, 2.75) is 43.1 Å². The molecule has 2 aliphatic heterocycles. The van der Waals surface area contributed by atoms with Crippen LogP contribution in [0.2, 0.25) is 0 Å². The van der Waals surface area contributed by atoms with Crippen LogP contribution in [0.4, 0.5) is 0 Å². The lowest BCUT2D eigenvalue weighted by atomic mass is 10.0. The number of fused-ring (bicyclic) bond motifs is 1. The second kappa shape index (κ2) is 5.27. The fourth-order valence-corrected chi connectivity index (χ4v) is 3.84. The summed E-state index contributed by atoms with van der Waals surface area (Å²) in [5.74, 6) is 0.454. The smallest absolute Gasteiger partial charge is 0.328 e. The van der Waals surface area contributed by atoms with Gasteiger partial charge in [-0.2, -0.15) is 0 Å². The molecule has 0 aromatic rings. The fourth-order valence-electron chi connectivity index (χ4n) is 2.44. The monoisotopic (exact) mass is 258 g/mol. The van der Waals surface area contributed by atoms with E-state index in [-0.39, 0.29) is 17.3 Å². The van der Waals surface area contributed by atoms with E-state index in [0.717, 1.165) is 18.6 Å². The third kappa shape index (κ3) is 2.42.